The van der Waals surface area contributed by atoms with Crippen LogP contribution in [0.5, 0.6) is 5.75 Å². The molecule has 2 aromatic carbocycles. The summed E-state index contributed by atoms with van der Waals surface area (Å²) >= 11 is 0. The quantitative estimate of drug-likeness (QED) is 0.685. The lowest BCUT2D eigenvalue weighted by molar-refractivity contribution is 0.0600. The summed E-state index contributed by atoms with van der Waals surface area (Å²) in [6.07, 6.45) is 3.38. The van der Waals surface area contributed by atoms with Crippen molar-refractivity contribution in [1.29, 1.82) is 0 Å². The highest BCUT2D eigenvalue weighted by atomic mass is 16.5. The van der Waals surface area contributed by atoms with Gasteiger partial charge in [0.15, 0.2) is 0 Å². The Hall–Kier alpha value is -2.29. The third-order valence-electron chi connectivity index (χ3n) is 4.82. The third kappa shape index (κ3) is 4.27. The Kier molecular flexibility index (Phi) is 8.37. The first-order valence-corrected chi connectivity index (χ1v) is 9.56. The lowest BCUT2D eigenvalue weighted by atomic mass is 9.60. The third-order valence-corrected chi connectivity index (χ3v) is 4.82. The maximum Gasteiger partial charge on any atom is 0.337 e. The van der Waals surface area contributed by atoms with E-state index in [-0.39, 0.29) is 11.4 Å². The minimum atomic E-state index is -0.310. The Morgan fingerprint density at radius 2 is 1.50 bits per heavy atom. The van der Waals surface area contributed by atoms with Crippen LogP contribution in [0.15, 0.2) is 42.5 Å². The van der Waals surface area contributed by atoms with Crippen molar-refractivity contribution in [3.05, 3.63) is 64.7 Å². The van der Waals surface area contributed by atoms with E-state index in [0.29, 0.717) is 11.3 Å². The molecule has 0 heterocycles. The average molecular weight is 357 g/mol. The maximum atomic E-state index is 11.6. The van der Waals surface area contributed by atoms with Crippen molar-refractivity contribution in [3.63, 3.8) is 0 Å². The molecule has 1 saturated carbocycles. The first-order valence-electron chi connectivity index (χ1n) is 9.56. The number of hydrogen-bond acceptors (Lipinski definition) is 3. The number of phenolic OH excluding ortho intramolecular Hbond substituents is 1. The van der Waals surface area contributed by atoms with Gasteiger partial charge in [-0.05, 0) is 54.7 Å². The van der Waals surface area contributed by atoms with E-state index < -0.39 is 0 Å². The Morgan fingerprint density at radius 3 is 1.92 bits per heavy atom. The summed E-state index contributed by atoms with van der Waals surface area (Å²) in [7, 11) is 1.39. The second-order valence-electron chi connectivity index (χ2n) is 6.01. The molecule has 0 aliphatic heterocycles. The van der Waals surface area contributed by atoms with Gasteiger partial charge >= 0.3 is 5.97 Å². The normalized spacial score (nSPS) is 13.9. The first-order chi connectivity index (χ1) is 12.6. The number of carbonyl (C=O) groups is 1. The second kappa shape index (κ2) is 10.0. The van der Waals surface area contributed by atoms with Gasteiger partial charge in [-0.25, -0.2) is 4.79 Å². The summed E-state index contributed by atoms with van der Waals surface area (Å²) in [6.45, 7) is 9.92. The fourth-order valence-electron chi connectivity index (χ4n) is 3.27. The summed E-state index contributed by atoms with van der Waals surface area (Å²) in [5.41, 5.74) is 3.93. The zero-order valence-electron chi connectivity index (χ0n) is 16.9. The van der Waals surface area contributed by atoms with Crippen LogP contribution in [0, 0.1) is 6.92 Å². The molecule has 3 heteroatoms. The zero-order valence-corrected chi connectivity index (χ0v) is 16.9. The summed E-state index contributed by atoms with van der Waals surface area (Å²) in [5.74, 6) is 0.0222. The van der Waals surface area contributed by atoms with Crippen LogP contribution in [0.2, 0.25) is 0 Å². The van der Waals surface area contributed by atoms with Gasteiger partial charge in [0.2, 0.25) is 0 Å². The molecular formula is C23H32O3. The van der Waals surface area contributed by atoms with Crippen LogP contribution in [0.3, 0.4) is 0 Å². The molecule has 142 valence electrons. The molecule has 2 aromatic rings. The van der Waals surface area contributed by atoms with Crippen molar-refractivity contribution < 1.29 is 14.6 Å². The number of aromatic hydroxyl groups is 1. The van der Waals surface area contributed by atoms with Gasteiger partial charge in [0.05, 0.1) is 12.7 Å². The van der Waals surface area contributed by atoms with Crippen LogP contribution in [0.1, 0.15) is 74.0 Å². The summed E-state index contributed by atoms with van der Waals surface area (Å²) in [4.78, 5) is 11.6. The SMILES string of the molecule is CC.CC.COC(=O)c1ccc(C2(c3ccc(O)c(C)c3)CCC2)cc1. The number of ether oxygens (including phenoxy) is 1. The van der Waals surface area contributed by atoms with Crippen LogP contribution in [0.25, 0.3) is 0 Å². The average Bonchev–Trinajstić information content (AvgIpc) is 2.67. The topological polar surface area (TPSA) is 46.5 Å². The minimum absolute atomic E-state index is 0.00705. The highest BCUT2D eigenvalue weighted by Gasteiger charge is 2.40. The van der Waals surface area contributed by atoms with E-state index in [4.69, 9.17) is 4.74 Å². The van der Waals surface area contributed by atoms with E-state index in [1.165, 1.54) is 24.7 Å². The molecule has 0 unspecified atom stereocenters. The predicted octanol–water partition coefficient (Wildman–Crippen LogP) is 6.01. The number of benzene rings is 2. The molecule has 0 bridgehead atoms. The van der Waals surface area contributed by atoms with Crippen molar-refractivity contribution in [1.82, 2.24) is 0 Å². The maximum absolute atomic E-state index is 11.6. The Morgan fingerprint density at radius 1 is 0.962 bits per heavy atom. The standard InChI is InChI=1S/C19H20O3.2C2H6/c1-13-12-16(8-9-17(13)20)19(10-3-11-19)15-6-4-14(5-7-15)18(21)22-2;2*1-2/h4-9,12,20H,3,10-11H2,1-2H3;2*1-2H3. The Bertz CT molecular complexity index is 698. The lowest BCUT2D eigenvalue weighted by Crippen LogP contribution is -2.35. The molecule has 3 rings (SSSR count). The molecule has 1 fully saturated rings. The fourth-order valence-corrected chi connectivity index (χ4v) is 3.27. The van der Waals surface area contributed by atoms with E-state index in [9.17, 15) is 9.90 Å². The highest BCUT2D eigenvalue weighted by Crippen LogP contribution is 2.49. The number of carbonyl (C=O) groups excluding carboxylic acids is 1. The molecule has 0 radical (unpaired) electrons. The van der Waals surface area contributed by atoms with Crippen LogP contribution in [0.4, 0.5) is 0 Å². The summed E-state index contributed by atoms with van der Waals surface area (Å²) < 4.78 is 4.75. The molecule has 0 atom stereocenters. The highest BCUT2D eigenvalue weighted by molar-refractivity contribution is 5.89. The van der Waals surface area contributed by atoms with Gasteiger partial charge in [0.1, 0.15) is 5.75 Å². The van der Waals surface area contributed by atoms with Crippen molar-refractivity contribution in [2.75, 3.05) is 7.11 Å². The molecule has 0 amide bonds. The molecular weight excluding hydrogens is 324 g/mol. The molecule has 0 spiro atoms. The number of phenols is 1. The molecule has 1 N–H and O–H groups in total. The van der Waals surface area contributed by atoms with E-state index in [0.717, 1.165) is 18.4 Å². The Labute approximate surface area is 158 Å². The molecule has 0 saturated heterocycles. The van der Waals surface area contributed by atoms with Gasteiger partial charge in [-0.1, -0.05) is 58.4 Å². The monoisotopic (exact) mass is 356 g/mol. The molecule has 0 aromatic heterocycles. The van der Waals surface area contributed by atoms with Gasteiger partial charge in [0, 0.05) is 5.41 Å². The van der Waals surface area contributed by atoms with Crippen LogP contribution in [-0.4, -0.2) is 18.2 Å². The van der Waals surface area contributed by atoms with Gasteiger partial charge in [-0.15, -0.1) is 0 Å². The van der Waals surface area contributed by atoms with Gasteiger partial charge in [-0.2, -0.15) is 0 Å². The molecule has 3 nitrogen and oxygen atoms in total. The van der Waals surface area contributed by atoms with Gasteiger partial charge < -0.3 is 9.84 Å². The number of methoxy groups -OCH3 is 1. The number of aryl methyl sites for hydroxylation is 1. The lowest BCUT2D eigenvalue weighted by Gasteiger charge is -2.43. The minimum Gasteiger partial charge on any atom is -0.508 e. The van der Waals surface area contributed by atoms with Crippen LogP contribution in [-0.2, 0) is 10.2 Å². The van der Waals surface area contributed by atoms with E-state index in [1.807, 2.05) is 65.0 Å². The Balaban J connectivity index is 0.000000791. The van der Waals surface area contributed by atoms with Crippen molar-refractivity contribution in [2.45, 2.75) is 59.3 Å². The van der Waals surface area contributed by atoms with Crippen molar-refractivity contribution in [3.8, 4) is 5.75 Å². The van der Waals surface area contributed by atoms with Crippen LogP contribution >= 0.6 is 0 Å². The molecule has 1 aliphatic rings. The zero-order chi connectivity index (χ0) is 19.7. The van der Waals surface area contributed by atoms with Gasteiger partial charge in [-0.3, -0.25) is 0 Å². The van der Waals surface area contributed by atoms with Gasteiger partial charge in [0.25, 0.3) is 0 Å². The first kappa shape index (κ1) is 21.8. The predicted molar refractivity (Wildman–Crippen MR) is 108 cm³/mol. The number of hydrogen-bond donors (Lipinski definition) is 1. The smallest absolute Gasteiger partial charge is 0.337 e. The van der Waals surface area contributed by atoms with E-state index >= 15 is 0 Å². The number of rotatable bonds is 3. The largest absolute Gasteiger partial charge is 0.508 e. The molecule has 1 aliphatic carbocycles. The van der Waals surface area contributed by atoms with E-state index in [2.05, 4.69) is 6.07 Å². The second-order valence-corrected chi connectivity index (χ2v) is 6.01. The van der Waals surface area contributed by atoms with E-state index in [1.54, 1.807) is 6.07 Å². The van der Waals surface area contributed by atoms with Crippen LogP contribution < -0.4 is 0 Å². The number of esters is 1. The summed E-state index contributed by atoms with van der Waals surface area (Å²) in [5, 5.41) is 9.74. The fraction of sp³-hybridized carbons (Fsp3) is 0.435. The summed E-state index contributed by atoms with van der Waals surface area (Å²) in [6, 6.07) is 13.6. The van der Waals surface area contributed by atoms with Crippen molar-refractivity contribution >= 4 is 5.97 Å². The van der Waals surface area contributed by atoms with Crippen molar-refractivity contribution in [2.24, 2.45) is 0 Å². The molecule has 26 heavy (non-hydrogen) atoms.